The maximum atomic E-state index is 15.8. The Hall–Kier alpha value is -4.92. The fourth-order valence-corrected chi connectivity index (χ4v) is 5.73. The van der Waals surface area contributed by atoms with Crippen LogP contribution < -0.4 is 11.1 Å². The zero-order chi connectivity index (χ0) is 31.3. The number of carboxylic acid groups (broad SMARTS) is 1. The number of likely N-dealkylation sites (tertiary alicyclic amines) is 1. The Morgan fingerprint density at radius 3 is 2.66 bits per heavy atom. The molecule has 2 aromatic heterocycles. The summed E-state index contributed by atoms with van der Waals surface area (Å²) < 4.78 is 31.7. The number of aromatic carboxylic acids is 1. The van der Waals surface area contributed by atoms with Crippen LogP contribution in [0.4, 0.5) is 14.5 Å². The van der Waals surface area contributed by atoms with Crippen LogP contribution in [-0.2, 0) is 16.1 Å². The standard InChI is InChI=1S/C29H24ClF2N7O5/c30-22-14(8-9-18-25(22)36-27(34-18)29(43)44)15-5-3-6-17(23(15)32)35-28(42)20-10-13(31)11-38(20)21(40)12-39-19-7-2-1-4-16(19)24(37-39)26(33)41/h1-9,13,20,26,41H,10-12,33H2,(H,34,36)(H,35,42)(H,43,44)/t13-,20+,26?/m1/s1. The fraction of sp³-hybridized carbons (Fsp3) is 0.207. The number of nitrogens with zero attached hydrogens (tertiary/aromatic N) is 4. The van der Waals surface area contributed by atoms with Crippen LogP contribution in [0.15, 0.2) is 54.6 Å². The number of para-hydroxylation sites is 1. The Labute approximate surface area is 252 Å². The van der Waals surface area contributed by atoms with E-state index in [2.05, 4.69) is 20.4 Å². The van der Waals surface area contributed by atoms with Gasteiger partial charge in [-0.3, -0.25) is 14.3 Å². The molecule has 226 valence electrons. The van der Waals surface area contributed by atoms with E-state index in [9.17, 15) is 29.0 Å². The third-order valence-electron chi connectivity index (χ3n) is 7.47. The highest BCUT2D eigenvalue weighted by molar-refractivity contribution is 6.37. The minimum atomic E-state index is -1.49. The lowest BCUT2D eigenvalue weighted by atomic mass is 10.0. The van der Waals surface area contributed by atoms with E-state index in [1.165, 1.54) is 35.0 Å². The molecule has 0 bridgehead atoms. The topological polar surface area (TPSA) is 179 Å². The molecule has 15 heteroatoms. The molecule has 1 saturated heterocycles. The van der Waals surface area contributed by atoms with Crippen LogP contribution in [0.2, 0.25) is 5.02 Å². The number of hydrogen-bond acceptors (Lipinski definition) is 7. The van der Waals surface area contributed by atoms with Gasteiger partial charge in [0.1, 0.15) is 36.2 Å². The molecule has 0 radical (unpaired) electrons. The number of aliphatic hydroxyl groups is 1. The number of nitrogens with two attached hydrogens (primary N) is 1. The molecular weight excluding hydrogens is 600 g/mol. The van der Waals surface area contributed by atoms with Gasteiger partial charge >= 0.3 is 5.97 Å². The number of aromatic nitrogens is 4. The van der Waals surface area contributed by atoms with Crippen molar-refractivity contribution in [1.29, 1.82) is 0 Å². The second-order valence-electron chi connectivity index (χ2n) is 10.3. The normalized spacial score (nSPS) is 17.3. The predicted molar refractivity (Wildman–Crippen MR) is 156 cm³/mol. The highest BCUT2D eigenvalue weighted by Gasteiger charge is 2.40. The molecule has 2 amide bonds. The molecule has 5 aromatic rings. The number of amides is 2. The van der Waals surface area contributed by atoms with Gasteiger partial charge in [0.15, 0.2) is 5.82 Å². The summed E-state index contributed by atoms with van der Waals surface area (Å²) in [6.45, 7) is -0.700. The molecule has 1 fully saturated rings. The average molecular weight is 624 g/mol. The molecule has 0 spiro atoms. The number of hydrogen-bond donors (Lipinski definition) is 5. The minimum absolute atomic E-state index is 0.000697. The van der Waals surface area contributed by atoms with Crippen molar-refractivity contribution in [2.45, 2.75) is 31.4 Å². The number of rotatable bonds is 7. The molecule has 3 aromatic carbocycles. The van der Waals surface area contributed by atoms with Crippen LogP contribution in [-0.4, -0.2) is 71.4 Å². The molecule has 1 aliphatic heterocycles. The summed E-state index contributed by atoms with van der Waals surface area (Å²) in [6, 6.07) is 12.8. The Morgan fingerprint density at radius 2 is 1.91 bits per heavy atom. The SMILES string of the molecule is NC(O)c1nn(CC(=O)N2C[C@H](F)C[C@H]2C(=O)Nc2cccc(-c3ccc4[nH]c(C(=O)O)nc4c3Cl)c2F)c2ccccc12. The maximum absolute atomic E-state index is 15.8. The molecule has 0 saturated carbocycles. The molecule has 1 aliphatic rings. The lowest BCUT2D eigenvalue weighted by Crippen LogP contribution is -2.44. The van der Waals surface area contributed by atoms with E-state index in [4.69, 9.17) is 17.3 Å². The van der Waals surface area contributed by atoms with Gasteiger partial charge < -0.3 is 31.1 Å². The highest BCUT2D eigenvalue weighted by Crippen LogP contribution is 2.37. The number of nitrogens with one attached hydrogen (secondary N) is 2. The second kappa shape index (κ2) is 11.3. The van der Waals surface area contributed by atoms with Gasteiger partial charge in [-0.1, -0.05) is 48.0 Å². The predicted octanol–water partition coefficient (Wildman–Crippen LogP) is 3.60. The van der Waals surface area contributed by atoms with Crippen LogP contribution in [0, 0.1) is 5.82 Å². The zero-order valence-corrected chi connectivity index (χ0v) is 23.4. The van der Waals surface area contributed by atoms with E-state index < -0.39 is 42.0 Å². The van der Waals surface area contributed by atoms with Crippen molar-refractivity contribution in [2.75, 3.05) is 11.9 Å². The lowest BCUT2D eigenvalue weighted by Gasteiger charge is -2.24. The highest BCUT2D eigenvalue weighted by atomic mass is 35.5. The van der Waals surface area contributed by atoms with Crippen molar-refractivity contribution in [3.63, 3.8) is 0 Å². The Balaban J connectivity index is 1.24. The number of alkyl halides is 1. The number of carboxylic acids is 1. The summed E-state index contributed by atoms with van der Waals surface area (Å²) in [4.78, 5) is 45.6. The minimum Gasteiger partial charge on any atom is -0.475 e. The third-order valence-corrected chi connectivity index (χ3v) is 7.85. The quantitative estimate of drug-likeness (QED) is 0.171. The summed E-state index contributed by atoms with van der Waals surface area (Å²) >= 11 is 6.48. The van der Waals surface area contributed by atoms with E-state index in [1.54, 1.807) is 24.3 Å². The molecule has 6 N–H and O–H groups in total. The number of imidazole rings is 1. The summed E-state index contributed by atoms with van der Waals surface area (Å²) in [6.07, 6.45) is -3.17. The summed E-state index contributed by atoms with van der Waals surface area (Å²) in [5, 5.41) is 26.4. The fourth-order valence-electron chi connectivity index (χ4n) is 5.42. The zero-order valence-electron chi connectivity index (χ0n) is 22.7. The maximum Gasteiger partial charge on any atom is 0.371 e. The van der Waals surface area contributed by atoms with Crippen molar-refractivity contribution in [3.05, 3.63) is 77.0 Å². The number of carbonyl (C=O) groups is 3. The summed E-state index contributed by atoms with van der Waals surface area (Å²) in [7, 11) is 0. The van der Waals surface area contributed by atoms with E-state index in [0.29, 0.717) is 16.4 Å². The molecule has 1 unspecified atom stereocenters. The van der Waals surface area contributed by atoms with Crippen LogP contribution in [0.1, 0.15) is 29.0 Å². The molecular formula is C29H24ClF2N7O5. The first-order valence-corrected chi connectivity index (χ1v) is 13.7. The van der Waals surface area contributed by atoms with Crippen LogP contribution in [0.25, 0.3) is 33.1 Å². The molecule has 12 nitrogen and oxygen atoms in total. The van der Waals surface area contributed by atoms with E-state index in [0.717, 1.165) is 4.90 Å². The summed E-state index contributed by atoms with van der Waals surface area (Å²) in [5.41, 5.74) is 6.74. The van der Waals surface area contributed by atoms with Crippen LogP contribution in [0.3, 0.4) is 0 Å². The van der Waals surface area contributed by atoms with Gasteiger partial charge in [0, 0.05) is 22.9 Å². The molecule has 3 heterocycles. The Morgan fingerprint density at radius 1 is 1.14 bits per heavy atom. The van der Waals surface area contributed by atoms with E-state index in [1.807, 2.05) is 0 Å². The number of carbonyl (C=O) groups excluding carboxylic acids is 2. The van der Waals surface area contributed by atoms with E-state index in [-0.39, 0.29) is 58.4 Å². The number of aromatic amines is 1. The summed E-state index contributed by atoms with van der Waals surface area (Å²) in [5.74, 6) is -3.87. The smallest absolute Gasteiger partial charge is 0.371 e. The number of benzene rings is 3. The van der Waals surface area contributed by atoms with Gasteiger partial charge in [-0.2, -0.15) is 5.10 Å². The van der Waals surface area contributed by atoms with Crippen LogP contribution >= 0.6 is 11.6 Å². The lowest BCUT2D eigenvalue weighted by molar-refractivity contribution is -0.137. The van der Waals surface area contributed by atoms with Crippen molar-refractivity contribution in [3.8, 4) is 11.1 Å². The van der Waals surface area contributed by atoms with Gasteiger partial charge in [0.05, 0.1) is 28.3 Å². The van der Waals surface area contributed by atoms with Crippen LogP contribution in [0.5, 0.6) is 0 Å². The average Bonchev–Trinajstić information content (AvgIpc) is 3.70. The van der Waals surface area contributed by atoms with Crippen molar-refractivity contribution < 1.29 is 33.4 Å². The monoisotopic (exact) mass is 623 g/mol. The van der Waals surface area contributed by atoms with Gasteiger partial charge in [-0.15, -0.1) is 0 Å². The van der Waals surface area contributed by atoms with Gasteiger partial charge in [0.25, 0.3) is 0 Å². The number of halogens is 3. The molecule has 0 aliphatic carbocycles. The first-order valence-electron chi connectivity index (χ1n) is 13.4. The van der Waals surface area contributed by atoms with Crippen molar-refractivity contribution in [1.82, 2.24) is 24.6 Å². The van der Waals surface area contributed by atoms with Crippen molar-refractivity contribution >= 4 is 57.0 Å². The van der Waals surface area contributed by atoms with Gasteiger partial charge in [-0.25, -0.2) is 18.6 Å². The van der Waals surface area contributed by atoms with Gasteiger partial charge in [-0.05, 0) is 18.2 Å². The largest absolute Gasteiger partial charge is 0.475 e. The molecule has 3 atom stereocenters. The Bertz CT molecular complexity index is 1960. The third kappa shape index (κ3) is 5.12. The van der Waals surface area contributed by atoms with Gasteiger partial charge in [0.2, 0.25) is 17.6 Å². The first-order chi connectivity index (χ1) is 21.0. The molecule has 6 rings (SSSR count). The first kappa shape index (κ1) is 29.2. The number of H-pyrrole nitrogens is 1. The number of aliphatic hydroxyl groups excluding tert-OH is 1. The number of fused-ring (bicyclic) bond motifs is 2. The van der Waals surface area contributed by atoms with E-state index >= 15 is 4.39 Å². The second-order valence-corrected chi connectivity index (χ2v) is 10.6. The Kier molecular flexibility index (Phi) is 7.49. The number of anilines is 1. The van der Waals surface area contributed by atoms with Crippen molar-refractivity contribution in [2.24, 2.45) is 5.73 Å². The molecule has 44 heavy (non-hydrogen) atoms.